The number of ether oxygens (including phenoxy) is 2. The molecular weight excluding hydrogens is 266 g/mol. The lowest BCUT2D eigenvalue weighted by atomic mass is 10.2. The number of alkyl carbamates (subject to hydrolysis) is 1. The first-order chi connectivity index (χ1) is 6.80. The molecule has 86 valence electrons. The van der Waals surface area contributed by atoms with Crippen molar-refractivity contribution in [2.75, 3.05) is 7.11 Å². The van der Waals surface area contributed by atoms with Gasteiger partial charge in [0, 0.05) is 4.99 Å². The average molecular weight is 280 g/mol. The van der Waals surface area contributed by atoms with Crippen LogP contribution in [0.3, 0.4) is 0 Å². The third-order valence-electron chi connectivity index (χ3n) is 1.15. The van der Waals surface area contributed by atoms with Crippen LogP contribution in [-0.4, -0.2) is 24.8 Å². The molecule has 15 heavy (non-hydrogen) atoms. The first-order valence-corrected chi connectivity index (χ1v) is 5.10. The van der Waals surface area contributed by atoms with Gasteiger partial charge in [0.1, 0.15) is 11.3 Å². The molecule has 0 fully saturated rings. The first-order valence-electron chi connectivity index (χ1n) is 4.19. The van der Waals surface area contributed by atoms with Gasteiger partial charge in [0.05, 0.1) is 7.11 Å². The molecule has 0 aliphatic heterocycles. The van der Waals surface area contributed by atoms with E-state index in [1.54, 1.807) is 20.8 Å². The van der Waals surface area contributed by atoms with Crippen molar-refractivity contribution in [2.24, 2.45) is 0 Å². The Morgan fingerprint density at radius 3 is 2.20 bits per heavy atom. The number of methoxy groups -OCH3 is 1. The number of esters is 1. The van der Waals surface area contributed by atoms with Gasteiger partial charge in [-0.2, -0.15) is 0 Å². The normalized spacial score (nSPS) is 11.9. The largest absolute Gasteiger partial charge is 0.464 e. The summed E-state index contributed by atoms with van der Waals surface area (Å²) in [7, 11) is 1.22. The van der Waals surface area contributed by atoms with E-state index in [4.69, 9.17) is 4.74 Å². The summed E-state index contributed by atoms with van der Waals surface area (Å²) in [4.78, 5) is 23.6. The monoisotopic (exact) mass is 279 g/mol. The van der Waals surface area contributed by atoms with Crippen LogP contribution in [-0.2, 0) is 14.3 Å². The van der Waals surface area contributed by atoms with Gasteiger partial charge in [-0.15, -0.1) is 0 Å². The van der Waals surface area contributed by atoms with Crippen LogP contribution in [0.25, 0.3) is 0 Å². The molecule has 6 heteroatoms. The summed E-state index contributed by atoms with van der Waals surface area (Å²) < 4.78 is 9.37. The van der Waals surface area contributed by atoms with Gasteiger partial charge in [-0.05, 0) is 20.8 Å². The van der Waals surface area contributed by atoms with E-state index < -0.39 is 17.7 Å². The molecule has 1 N–H and O–H groups in total. The van der Waals surface area contributed by atoms with Gasteiger partial charge in [0.25, 0.3) is 0 Å². The Hall–Kier alpha value is -1.04. The zero-order chi connectivity index (χ0) is 12.1. The molecule has 0 heterocycles. The number of nitrogens with one attached hydrogen (secondary N) is 1. The maximum atomic E-state index is 11.2. The quantitative estimate of drug-likeness (QED) is 0.620. The van der Waals surface area contributed by atoms with Gasteiger partial charge in [0.2, 0.25) is 0 Å². The summed E-state index contributed by atoms with van der Waals surface area (Å²) in [6.07, 6.45) is -0.710. The zero-order valence-electron chi connectivity index (χ0n) is 9.09. The number of hydrogen-bond acceptors (Lipinski definition) is 4. The van der Waals surface area contributed by atoms with Crippen LogP contribution in [0, 0.1) is 0 Å². The van der Waals surface area contributed by atoms with Gasteiger partial charge < -0.3 is 9.47 Å². The lowest BCUT2D eigenvalue weighted by Crippen LogP contribution is -2.34. The van der Waals surface area contributed by atoms with Crippen molar-refractivity contribution in [3.8, 4) is 0 Å². The standard InChI is InChI=1S/C9H14BrNO4/c1-9(2,3)15-8(13)11-6(5-10)7(12)14-4/h5H,1-4H3,(H,11,13). The molecule has 0 atom stereocenters. The first kappa shape index (κ1) is 14.0. The number of carbonyl (C=O) groups excluding carboxylic acids is 2. The van der Waals surface area contributed by atoms with Gasteiger partial charge >= 0.3 is 12.1 Å². The number of rotatable bonds is 2. The van der Waals surface area contributed by atoms with E-state index in [9.17, 15) is 9.59 Å². The van der Waals surface area contributed by atoms with Crippen LogP contribution in [0.15, 0.2) is 10.7 Å². The fourth-order valence-corrected chi connectivity index (χ4v) is 0.948. The predicted molar refractivity (Wildman–Crippen MR) is 58.4 cm³/mol. The predicted octanol–water partition coefficient (Wildman–Crippen LogP) is 1.92. The summed E-state index contributed by atoms with van der Waals surface area (Å²) in [5, 5.41) is 2.25. The van der Waals surface area contributed by atoms with Crippen molar-refractivity contribution < 1.29 is 19.1 Å². The Morgan fingerprint density at radius 1 is 1.33 bits per heavy atom. The molecule has 0 aromatic carbocycles. The number of halogens is 1. The van der Waals surface area contributed by atoms with E-state index in [0.717, 1.165) is 0 Å². The van der Waals surface area contributed by atoms with E-state index in [1.807, 2.05) is 0 Å². The topological polar surface area (TPSA) is 64.6 Å². The number of hydrogen-bond donors (Lipinski definition) is 1. The molecule has 0 aliphatic rings. The molecule has 0 rings (SSSR count). The second kappa shape index (κ2) is 5.75. The highest BCUT2D eigenvalue weighted by Crippen LogP contribution is 2.07. The van der Waals surface area contributed by atoms with Crippen molar-refractivity contribution in [3.05, 3.63) is 10.7 Å². The van der Waals surface area contributed by atoms with Gasteiger partial charge in [-0.3, -0.25) is 5.32 Å². The molecule has 0 radical (unpaired) electrons. The third-order valence-corrected chi connectivity index (χ3v) is 1.61. The highest BCUT2D eigenvalue weighted by molar-refractivity contribution is 9.11. The summed E-state index contributed by atoms with van der Waals surface area (Å²) >= 11 is 2.93. The van der Waals surface area contributed by atoms with Crippen molar-refractivity contribution in [1.29, 1.82) is 0 Å². The molecule has 0 aliphatic carbocycles. The van der Waals surface area contributed by atoms with Crippen LogP contribution in [0.4, 0.5) is 4.79 Å². The second-order valence-electron chi connectivity index (χ2n) is 3.64. The van der Waals surface area contributed by atoms with Crippen molar-refractivity contribution in [2.45, 2.75) is 26.4 Å². The lowest BCUT2D eigenvalue weighted by molar-refractivity contribution is -0.136. The van der Waals surface area contributed by atoms with Crippen LogP contribution in [0.1, 0.15) is 20.8 Å². The molecule has 0 unspecified atom stereocenters. The van der Waals surface area contributed by atoms with E-state index in [1.165, 1.54) is 12.1 Å². The summed E-state index contributed by atoms with van der Waals surface area (Å²) in [6.45, 7) is 5.17. The van der Waals surface area contributed by atoms with E-state index in [0.29, 0.717) is 0 Å². The molecule has 0 bridgehead atoms. The third kappa shape index (κ3) is 6.11. The van der Waals surface area contributed by atoms with Crippen molar-refractivity contribution >= 4 is 28.0 Å². The highest BCUT2D eigenvalue weighted by atomic mass is 79.9. The van der Waals surface area contributed by atoms with E-state index in [-0.39, 0.29) is 5.70 Å². The minimum atomic E-state index is -0.710. The lowest BCUT2D eigenvalue weighted by Gasteiger charge is -2.19. The minimum absolute atomic E-state index is 0.0215. The number of carbonyl (C=O) groups is 2. The molecule has 0 saturated heterocycles. The molecular formula is C9H14BrNO4. The smallest absolute Gasteiger partial charge is 0.412 e. The summed E-state index contributed by atoms with van der Waals surface area (Å²) in [6, 6.07) is 0. The van der Waals surface area contributed by atoms with Crippen molar-refractivity contribution in [1.82, 2.24) is 5.32 Å². The Labute approximate surface area is 96.9 Å². The highest BCUT2D eigenvalue weighted by Gasteiger charge is 2.19. The van der Waals surface area contributed by atoms with E-state index >= 15 is 0 Å². The summed E-state index contributed by atoms with van der Waals surface area (Å²) in [5.41, 5.74) is -0.635. The minimum Gasteiger partial charge on any atom is -0.464 e. The molecule has 1 amide bonds. The maximum Gasteiger partial charge on any atom is 0.412 e. The van der Waals surface area contributed by atoms with E-state index in [2.05, 4.69) is 26.0 Å². The zero-order valence-corrected chi connectivity index (χ0v) is 10.7. The molecule has 0 saturated carbocycles. The van der Waals surface area contributed by atoms with Crippen LogP contribution in [0.2, 0.25) is 0 Å². The molecule has 0 aromatic rings. The Morgan fingerprint density at radius 2 is 1.87 bits per heavy atom. The second-order valence-corrected chi connectivity index (χ2v) is 4.10. The van der Waals surface area contributed by atoms with Crippen LogP contribution >= 0.6 is 15.9 Å². The Bertz CT molecular complexity index is 280. The summed E-state index contributed by atoms with van der Waals surface area (Å²) in [5.74, 6) is -0.655. The van der Waals surface area contributed by atoms with Crippen molar-refractivity contribution in [3.63, 3.8) is 0 Å². The van der Waals surface area contributed by atoms with Gasteiger partial charge in [-0.1, -0.05) is 15.9 Å². The molecule has 5 nitrogen and oxygen atoms in total. The van der Waals surface area contributed by atoms with Crippen LogP contribution in [0.5, 0.6) is 0 Å². The number of amides is 1. The average Bonchev–Trinajstić information content (AvgIpc) is 2.10. The van der Waals surface area contributed by atoms with Gasteiger partial charge in [-0.25, -0.2) is 9.59 Å². The SMILES string of the molecule is COC(=O)C(=CBr)NC(=O)OC(C)(C)C. The fraction of sp³-hybridized carbons (Fsp3) is 0.556. The molecule has 0 spiro atoms. The Kier molecular flexibility index (Phi) is 5.35. The Balaban J connectivity index is 4.34. The maximum absolute atomic E-state index is 11.2. The fourth-order valence-electron chi connectivity index (χ4n) is 0.646. The molecule has 0 aromatic heterocycles. The van der Waals surface area contributed by atoms with Gasteiger partial charge in [0.15, 0.2) is 0 Å². The van der Waals surface area contributed by atoms with Crippen LogP contribution < -0.4 is 5.32 Å².